The summed E-state index contributed by atoms with van der Waals surface area (Å²) in [6, 6.07) is 13.6. The average Bonchev–Trinajstić information content (AvgIpc) is 2.73. The zero-order valence-corrected chi connectivity index (χ0v) is 18.1. The van der Waals surface area contributed by atoms with Crippen molar-refractivity contribution in [2.45, 2.75) is 78.1 Å². The third-order valence-corrected chi connectivity index (χ3v) is 5.32. The van der Waals surface area contributed by atoms with Crippen molar-refractivity contribution < 1.29 is 14.6 Å². The number of hydrogen-bond acceptors (Lipinski definition) is 2. The highest BCUT2D eigenvalue weighted by Crippen LogP contribution is 2.29. The van der Waals surface area contributed by atoms with E-state index in [1.54, 1.807) is 12.1 Å². The molecular formula is C26H36O3. The molecule has 0 atom stereocenters. The highest BCUT2D eigenvalue weighted by molar-refractivity contribution is 5.96. The summed E-state index contributed by atoms with van der Waals surface area (Å²) in [5.74, 6) is -0.167. The molecule has 0 aliphatic rings. The van der Waals surface area contributed by atoms with Gasteiger partial charge in [0.2, 0.25) is 0 Å². The van der Waals surface area contributed by atoms with Crippen molar-refractivity contribution in [2.24, 2.45) is 0 Å². The van der Waals surface area contributed by atoms with E-state index in [0.29, 0.717) is 12.2 Å². The minimum absolute atomic E-state index is 0.315. The molecular weight excluding hydrogens is 360 g/mol. The lowest BCUT2D eigenvalue weighted by Gasteiger charge is -2.12. The second kappa shape index (κ2) is 13.0. The molecule has 0 aliphatic heterocycles. The van der Waals surface area contributed by atoms with Crippen molar-refractivity contribution >= 4 is 5.97 Å². The maximum atomic E-state index is 11.7. The van der Waals surface area contributed by atoms with Gasteiger partial charge in [0.25, 0.3) is 0 Å². The Hall–Kier alpha value is -2.29. The van der Waals surface area contributed by atoms with Crippen LogP contribution in [-0.4, -0.2) is 17.7 Å². The van der Waals surface area contributed by atoms with Gasteiger partial charge in [-0.25, -0.2) is 4.79 Å². The molecule has 0 radical (unpaired) electrons. The number of carbonyl (C=O) groups is 1. The predicted molar refractivity (Wildman–Crippen MR) is 121 cm³/mol. The van der Waals surface area contributed by atoms with Gasteiger partial charge in [-0.15, -0.1) is 0 Å². The fourth-order valence-electron chi connectivity index (χ4n) is 3.54. The van der Waals surface area contributed by atoms with Gasteiger partial charge in [-0.1, -0.05) is 83.1 Å². The summed E-state index contributed by atoms with van der Waals surface area (Å²) in [6.07, 6.45) is 12.0. The van der Waals surface area contributed by atoms with Crippen molar-refractivity contribution in [1.82, 2.24) is 0 Å². The Morgan fingerprint density at radius 2 is 1.48 bits per heavy atom. The maximum absolute atomic E-state index is 11.7. The standard InChI is InChI=1S/C26H36O3/c1-3-5-7-8-9-11-19-29-23-17-18-24(26(27)28)25(20-23)22-15-13-21(14-16-22)12-10-6-4-2/h13-18,20H,3-12,19H2,1-2H3,(H,27,28). The molecule has 29 heavy (non-hydrogen) atoms. The van der Waals surface area contributed by atoms with E-state index in [2.05, 4.69) is 26.0 Å². The monoisotopic (exact) mass is 396 g/mol. The van der Waals surface area contributed by atoms with Crippen LogP contribution in [0.15, 0.2) is 42.5 Å². The largest absolute Gasteiger partial charge is 0.494 e. The minimum atomic E-state index is -0.908. The molecule has 0 aliphatic carbocycles. The first-order valence-corrected chi connectivity index (χ1v) is 11.2. The van der Waals surface area contributed by atoms with E-state index in [-0.39, 0.29) is 0 Å². The molecule has 0 saturated carbocycles. The molecule has 0 bridgehead atoms. The van der Waals surface area contributed by atoms with E-state index < -0.39 is 5.97 Å². The normalized spacial score (nSPS) is 10.8. The summed E-state index contributed by atoms with van der Waals surface area (Å²) in [5, 5.41) is 9.59. The lowest BCUT2D eigenvalue weighted by atomic mass is 9.97. The smallest absolute Gasteiger partial charge is 0.336 e. The van der Waals surface area contributed by atoms with Crippen LogP contribution in [0.25, 0.3) is 11.1 Å². The molecule has 1 N–H and O–H groups in total. The fourth-order valence-corrected chi connectivity index (χ4v) is 3.54. The van der Waals surface area contributed by atoms with Crippen LogP contribution >= 0.6 is 0 Å². The first-order chi connectivity index (χ1) is 14.2. The van der Waals surface area contributed by atoms with Crippen molar-refractivity contribution in [3.05, 3.63) is 53.6 Å². The number of carboxylic acids is 1. The Morgan fingerprint density at radius 1 is 0.828 bits per heavy atom. The summed E-state index contributed by atoms with van der Waals surface area (Å²) < 4.78 is 5.91. The highest BCUT2D eigenvalue weighted by Gasteiger charge is 2.13. The van der Waals surface area contributed by atoms with Crippen LogP contribution < -0.4 is 4.74 Å². The minimum Gasteiger partial charge on any atom is -0.494 e. The van der Waals surface area contributed by atoms with Gasteiger partial charge in [-0.2, -0.15) is 0 Å². The fraction of sp³-hybridized carbons (Fsp3) is 0.500. The van der Waals surface area contributed by atoms with Gasteiger partial charge < -0.3 is 9.84 Å². The van der Waals surface area contributed by atoms with Gasteiger partial charge in [0, 0.05) is 0 Å². The van der Waals surface area contributed by atoms with Crippen LogP contribution in [-0.2, 0) is 6.42 Å². The van der Waals surface area contributed by atoms with Crippen LogP contribution in [0, 0.1) is 0 Å². The number of rotatable bonds is 14. The summed E-state index contributed by atoms with van der Waals surface area (Å²) in [6.45, 7) is 5.11. The number of unbranched alkanes of at least 4 members (excludes halogenated alkanes) is 7. The molecule has 0 unspecified atom stereocenters. The van der Waals surface area contributed by atoms with Gasteiger partial charge in [0.15, 0.2) is 0 Å². The van der Waals surface area contributed by atoms with Gasteiger partial charge >= 0.3 is 5.97 Å². The average molecular weight is 397 g/mol. The Balaban J connectivity index is 2.01. The van der Waals surface area contributed by atoms with Crippen molar-refractivity contribution in [3.63, 3.8) is 0 Å². The van der Waals surface area contributed by atoms with Gasteiger partial charge in [-0.3, -0.25) is 0 Å². The van der Waals surface area contributed by atoms with E-state index in [1.165, 1.54) is 56.9 Å². The quantitative estimate of drug-likeness (QED) is 0.336. The van der Waals surface area contributed by atoms with E-state index in [9.17, 15) is 9.90 Å². The van der Waals surface area contributed by atoms with E-state index in [4.69, 9.17) is 4.74 Å². The lowest BCUT2D eigenvalue weighted by Crippen LogP contribution is -2.02. The predicted octanol–water partition coefficient (Wildman–Crippen LogP) is 7.52. The molecule has 2 aromatic carbocycles. The van der Waals surface area contributed by atoms with Gasteiger partial charge in [0.1, 0.15) is 5.75 Å². The summed E-state index contributed by atoms with van der Waals surface area (Å²) in [7, 11) is 0. The Morgan fingerprint density at radius 3 is 2.17 bits per heavy atom. The summed E-state index contributed by atoms with van der Waals surface area (Å²) >= 11 is 0. The SMILES string of the molecule is CCCCCCCCOc1ccc(C(=O)O)c(-c2ccc(CCCCC)cc2)c1. The summed E-state index contributed by atoms with van der Waals surface area (Å²) in [5.41, 5.74) is 3.26. The van der Waals surface area contributed by atoms with E-state index in [1.807, 2.05) is 18.2 Å². The molecule has 3 heteroatoms. The molecule has 0 aromatic heterocycles. The maximum Gasteiger partial charge on any atom is 0.336 e. The number of benzene rings is 2. The topological polar surface area (TPSA) is 46.5 Å². The first-order valence-electron chi connectivity index (χ1n) is 11.2. The van der Waals surface area contributed by atoms with Crippen LogP contribution in [0.1, 0.15) is 87.6 Å². The molecule has 2 rings (SSSR count). The van der Waals surface area contributed by atoms with Gasteiger partial charge in [-0.05, 0) is 54.2 Å². The van der Waals surface area contributed by atoms with Crippen molar-refractivity contribution in [2.75, 3.05) is 6.61 Å². The Kier molecular flexibility index (Phi) is 10.3. The summed E-state index contributed by atoms with van der Waals surface area (Å²) in [4.78, 5) is 11.7. The molecule has 3 nitrogen and oxygen atoms in total. The van der Waals surface area contributed by atoms with Crippen LogP contribution in [0.3, 0.4) is 0 Å². The molecule has 0 spiro atoms. The zero-order chi connectivity index (χ0) is 20.9. The van der Waals surface area contributed by atoms with Crippen molar-refractivity contribution in [1.29, 1.82) is 0 Å². The number of aromatic carboxylic acids is 1. The third kappa shape index (κ3) is 7.92. The Bertz CT molecular complexity index is 734. The number of aryl methyl sites for hydroxylation is 1. The van der Waals surface area contributed by atoms with Crippen LogP contribution in [0.4, 0.5) is 0 Å². The molecule has 0 fully saturated rings. The van der Waals surface area contributed by atoms with Gasteiger partial charge in [0.05, 0.1) is 12.2 Å². The molecule has 0 heterocycles. The Labute approximate surface area is 176 Å². The third-order valence-electron chi connectivity index (χ3n) is 5.32. The van der Waals surface area contributed by atoms with Crippen molar-refractivity contribution in [3.8, 4) is 16.9 Å². The highest BCUT2D eigenvalue weighted by atomic mass is 16.5. The molecule has 0 amide bonds. The molecule has 0 saturated heterocycles. The van der Waals surface area contributed by atoms with E-state index in [0.717, 1.165) is 29.7 Å². The second-order valence-electron chi connectivity index (χ2n) is 7.78. The van der Waals surface area contributed by atoms with Crippen LogP contribution in [0.5, 0.6) is 5.75 Å². The second-order valence-corrected chi connectivity index (χ2v) is 7.78. The molecule has 2 aromatic rings. The molecule has 158 valence electrons. The van der Waals surface area contributed by atoms with Crippen LogP contribution in [0.2, 0.25) is 0 Å². The zero-order valence-electron chi connectivity index (χ0n) is 18.1. The number of hydrogen-bond donors (Lipinski definition) is 1. The first kappa shape index (κ1) is 23.0. The number of carboxylic acid groups (broad SMARTS) is 1. The number of ether oxygens (including phenoxy) is 1. The van der Waals surface area contributed by atoms with E-state index >= 15 is 0 Å². The lowest BCUT2D eigenvalue weighted by molar-refractivity contribution is 0.0697.